The minimum atomic E-state index is -0.656. The van der Waals surface area contributed by atoms with Crippen LogP contribution in [0.3, 0.4) is 0 Å². The first kappa shape index (κ1) is 11.2. The highest BCUT2D eigenvalue weighted by Crippen LogP contribution is 2.34. The lowest BCUT2D eigenvalue weighted by Gasteiger charge is -2.23. The maximum Gasteiger partial charge on any atom is 0.123 e. The predicted molar refractivity (Wildman–Crippen MR) is 64.3 cm³/mol. The fraction of sp³-hybridized carbons (Fsp3) is 0.571. The Morgan fingerprint density at radius 3 is 2.94 bits per heavy atom. The Bertz CT molecular complexity index is 418. The van der Waals surface area contributed by atoms with E-state index in [1.54, 1.807) is 6.07 Å². The molecule has 3 rings (SSSR count). The van der Waals surface area contributed by atoms with Crippen LogP contribution in [0, 0.1) is 5.82 Å². The molecule has 2 fully saturated rings. The Morgan fingerprint density at radius 2 is 2.24 bits per heavy atom. The summed E-state index contributed by atoms with van der Waals surface area (Å²) in [6.07, 6.45) is 3.92. The van der Waals surface area contributed by atoms with Crippen molar-refractivity contribution in [3.05, 3.63) is 35.6 Å². The van der Waals surface area contributed by atoms with E-state index in [4.69, 9.17) is 0 Å². The van der Waals surface area contributed by atoms with Crippen molar-refractivity contribution < 1.29 is 9.50 Å². The van der Waals surface area contributed by atoms with E-state index in [1.165, 1.54) is 25.0 Å². The fourth-order valence-corrected chi connectivity index (χ4v) is 2.81. The molecule has 1 saturated carbocycles. The Labute approximate surface area is 101 Å². The monoisotopic (exact) mass is 235 g/mol. The van der Waals surface area contributed by atoms with Gasteiger partial charge in [-0.2, -0.15) is 0 Å². The lowest BCUT2D eigenvalue weighted by molar-refractivity contribution is 0.0487. The Morgan fingerprint density at radius 1 is 1.41 bits per heavy atom. The molecule has 1 unspecified atom stereocenters. The minimum absolute atomic E-state index is 0.219. The summed E-state index contributed by atoms with van der Waals surface area (Å²) in [7, 11) is 0. The van der Waals surface area contributed by atoms with Crippen LogP contribution < -0.4 is 0 Å². The van der Waals surface area contributed by atoms with Gasteiger partial charge in [-0.25, -0.2) is 4.39 Å². The topological polar surface area (TPSA) is 23.5 Å². The number of likely N-dealkylation sites (tertiary alicyclic amines) is 1. The van der Waals surface area contributed by atoms with Crippen molar-refractivity contribution in [3.8, 4) is 0 Å². The summed E-state index contributed by atoms with van der Waals surface area (Å²) in [4.78, 5) is 2.37. The second-order valence-corrected chi connectivity index (χ2v) is 5.48. The van der Waals surface area contributed by atoms with Gasteiger partial charge in [0.1, 0.15) is 5.82 Å². The minimum Gasteiger partial charge on any atom is -0.388 e. The number of β-amino-alcohol motifs (C(OH)–C–C–N with tert-alkyl or cyclic N) is 1. The fourth-order valence-electron chi connectivity index (χ4n) is 2.81. The summed E-state index contributed by atoms with van der Waals surface area (Å²) < 4.78 is 13.1. The van der Waals surface area contributed by atoms with Crippen LogP contribution in [0.25, 0.3) is 0 Å². The number of aliphatic hydroxyl groups is 1. The molecule has 92 valence electrons. The molecule has 2 nitrogen and oxygen atoms in total. The molecule has 0 radical (unpaired) electrons. The highest BCUT2D eigenvalue weighted by molar-refractivity contribution is 5.19. The Balaban J connectivity index is 1.68. The van der Waals surface area contributed by atoms with E-state index in [-0.39, 0.29) is 5.82 Å². The van der Waals surface area contributed by atoms with E-state index in [9.17, 15) is 9.50 Å². The van der Waals surface area contributed by atoms with Crippen molar-refractivity contribution in [3.63, 3.8) is 0 Å². The molecule has 0 spiro atoms. The number of hydrogen-bond acceptors (Lipinski definition) is 2. The number of halogens is 1. The van der Waals surface area contributed by atoms with Gasteiger partial charge in [0.15, 0.2) is 0 Å². The zero-order chi connectivity index (χ0) is 11.9. The van der Waals surface area contributed by atoms with Crippen LogP contribution >= 0.6 is 0 Å². The number of rotatable bonds is 3. The number of benzene rings is 1. The van der Waals surface area contributed by atoms with Gasteiger partial charge in [0, 0.05) is 25.6 Å². The average molecular weight is 235 g/mol. The van der Waals surface area contributed by atoms with Crippen molar-refractivity contribution in [1.29, 1.82) is 0 Å². The SMILES string of the molecule is OC1(Cc2cccc(F)c2)CCN(C2CC2)C1. The zero-order valence-corrected chi connectivity index (χ0v) is 9.90. The summed E-state index contributed by atoms with van der Waals surface area (Å²) >= 11 is 0. The van der Waals surface area contributed by atoms with E-state index in [0.29, 0.717) is 12.5 Å². The highest BCUT2D eigenvalue weighted by atomic mass is 19.1. The summed E-state index contributed by atoms with van der Waals surface area (Å²) in [6.45, 7) is 1.73. The molecule has 1 atom stereocenters. The summed E-state index contributed by atoms with van der Waals surface area (Å²) in [5.41, 5.74) is 0.237. The normalized spacial score (nSPS) is 29.8. The molecule has 2 aliphatic rings. The first-order valence-corrected chi connectivity index (χ1v) is 6.36. The number of hydrogen-bond donors (Lipinski definition) is 1. The summed E-state index contributed by atoms with van der Waals surface area (Å²) in [5.74, 6) is -0.219. The van der Waals surface area contributed by atoms with Crippen molar-refractivity contribution in [2.75, 3.05) is 13.1 Å². The van der Waals surface area contributed by atoms with Crippen LogP contribution in [0.5, 0.6) is 0 Å². The van der Waals surface area contributed by atoms with Crippen molar-refractivity contribution in [2.45, 2.75) is 37.3 Å². The summed E-state index contributed by atoms with van der Waals surface area (Å²) in [5, 5.41) is 10.5. The van der Waals surface area contributed by atoms with Crippen LogP contribution in [0.15, 0.2) is 24.3 Å². The quantitative estimate of drug-likeness (QED) is 0.865. The summed E-state index contributed by atoms with van der Waals surface area (Å²) in [6, 6.07) is 7.27. The standard InChI is InChI=1S/C14H18FNO/c15-12-3-1-2-11(8-12)9-14(17)6-7-16(10-14)13-4-5-13/h1-3,8,13,17H,4-7,9-10H2. The van der Waals surface area contributed by atoms with Gasteiger partial charge in [-0.05, 0) is 37.0 Å². The lowest BCUT2D eigenvalue weighted by atomic mass is 9.94. The smallest absolute Gasteiger partial charge is 0.123 e. The van der Waals surface area contributed by atoms with Gasteiger partial charge >= 0.3 is 0 Å². The van der Waals surface area contributed by atoms with E-state index in [2.05, 4.69) is 4.90 Å². The lowest BCUT2D eigenvalue weighted by Crippen LogP contribution is -2.36. The second-order valence-electron chi connectivity index (χ2n) is 5.48. The van der Waals surface area contributed by atoms with Gasteiger partial charge in [0.2, 0.25) is 0 Å². The van der Waals surface area contributed by atoms with Crippen LogP contribution in [-0.4, -0.2) is 34.7 Å². The van der Waals surface area contributed by atoms with Crippen LogP contribution in [-0.2, 0) is 6.42 Å². The van der Waals surface area contributed by atoms with Gasteiger partial charge in [-0.1, -0.05) is 12.1 Å². The second kappa shape index (κ2) is 4.07. The molecule has 17 heavy (non-hydrogen) atoms. The van der Waals surface area contributed by atoms with Crippen LogP contribution in [0.2, 0.25) is 0 Å². The molecule has 1 aromatic carbocycles. The van der Waals surface area contributed by atoms with Crippen molar-refractivity contribution in [1.82, 2.24) is 4.90 Å². The molecule has 3 heteroatoms. The predicted octanol–water partition coefficient (Wildman–Crippen LogP) is 1.97. The molecular weight excluding hydrogens is 217 g/mol. The first-order chi connectivity index (χ1) is 8.15. The van der Waals surface area contributed by atoms with Gasteiger partial charge in [0.25, 0.3) is 0 Å². The van der Waals surface area contributed by atoms with E-state index in [0.717, 1.165) is 25.1 Å². The van der Waals surface area contributed by atoms with E-state index in [1.807, 2.05) is 6.07 Å². The first-order valence-electron chi connectivity index (χ1n) is 6.36. The van der Waals surface area contributed by atoms with Crippen LogP contribution in [0.4, 0.5) is 4.39 Å². The maximum atomic E-state index is 13.1. The maximum absolute atomic E-state index is 13.1. The molecule has 0 aromatic heterocycles. The molecule has 1 aliphatic carbocycles. The molecule has 1 aromatic rings. The van der Waals surface area contributed by atoms with E-state index >= 15 is 0 Å². The Kier molecular flexibility index (Phi) is 2.68. The molecule has 1 N–H and O–H groups in total. The molecular formula is C14H18FNO. The van der Waals surface area contributed by atoms with Crippen molar-refractivity contribution >= 4 is 0 Å². The Hall–Kier alpha value is -0.930. The third kappa shape index (κ3) is 2.50. The van der Waals surface area contributed by atoms with Gasteiger partial charge < -0.3 is 5.11 Å². The molecule has 1 aliphatic heterocycles. The molecule has 0 amide bonds. The van der Waals surface area contributed by atoms with Crippen molar-refractivity contribution in [2.24, 2.45) is 0 Å². The third-order valence-corrected chi connectivity index (χ3v) is 3.85. The zero-order valence-electron chi connectivity index (χ0n) is 9.90. The number of nitrogens with zero attached hydrogens (tertiary/aromatic N) is 1. The van der Waals surface area contributed by atoms with Gasteiger partial charge in [-0.3, -0.25) is 4.90 Å². The van der Waals surface area contributed by atoms with Gasteiger partial charge in [0.05, 0.1) is 5.60 Å². The van der Waals surface area contributed by atoms with Gasteiger partial charge in [-0.15, -0.1) is 0 Å². The third-order valence-electron chi connectivity index (χ3n) is 3.85. The highest BCUT2D eigenvalue weighted by Gasteiger charge is 2.41. The average Bonchev–Trinajstić information content (AvgIpc) is 3.03. The molecule has 1 saturated heterocycles. The largest absolute Gasteiger partial charge is 0.388 e. The van der Waals surface area contributed by atoms with E-state index < -0.39 is 5.60 Å². The molecule has 1 heterocycles. The molecule has 0 bridgehead atoms. The van der Waals surface area contributed by atoms with Crippen LogP contribution in [0.1, 0.15) is 24.8 Å².